The fourth-order valence-electron chi connectivity index (χ4n) is 2.62. The lowest BCUT2D eigenvalue weighted by atomic mass is 10.0. The van der Waals surface area contributed by atoms with Crippen LogP contribution in [0.3, 0.4) is 0 Å². The van der Waals surface area contributed by atoms with Gasteiger partial charge in [-0.3, -0.25) is 4.79 Å². The van der Waals surface area contributed by atoms with Gasteiger partial charge in [-0.2, -0.15) is 5.26 Å². The lowest BCUT2D eigenvalue weighted by Gasteiger charge is -2.13. The Kier molecular flexibility index (Phi) is 5.74. The van der Waals surface area contributed by atoms with Crippen LogP contribution in [0.1, 0.15) is 12.5 Å². The molecule has 0 aromatic heterocycles. The Hall–Kier alpha value is -3.20. The molecule has 0 radical (unpaired) electrons. The number of anilines is 1. The minimum absolute atomic E-state index is 0.0423. The van der Waals surface area contributed by atoms with E-state index < -0.39 is 0 Å². The second kappa shape index (κ2) is 8.22. The molecular formula is C21H14Cl2N2O3. The van der Waals surface area contributed by atoms with E-state index in [0.717, 1.165) is 0 Å². The van der Waals surface area contributed by atoms with Gasteiger partial charge in [0.2, 0.25) is 5.91 Å². The van der Waals surface area contributed by atoms with Crippen molar-refractivity contribution < 1.29 is 14.6 Å². The second-order valence-electron chi connectivity index (χ2n) is 5.92. The van der Waals surface area contributed by atoms with E-state index in [1.165, 1.54) is 25.1 Å². The lowest BCUT2D eigenvalue weighted by molar-refractivity contribution is -0.114. The molecular weight excluding hydrogens is 399 g/mol. The van der Waals surface area contributed by atoms with Crippen molar-refractivity contribution in [1.29, 1.82) is 5.26 Å². The summed E-state index contributed by atoms with van der Waals surface area (Å²) >= 11 is 12.5. The zero-order valence-corrected chi connectivity index (χ0v) is 16.2. The van der Waals surface area contributed by atoms with E-state index in [1.54, 1.807) is 36.4 Å². The summed E-state index contributed by atoms with van der Waals surface area (Å²) in [6.07, 6.45) is 0. The lowest BCUT2D eigenvalue weighted by Crippen LogP contribution is -2.05. The third-order valence-corrected chi connectivity index (χ3v) is 4.37. The van der Waals surface area contributed by atoms with Crippen LogP contribution in [0.5, 0.6) is 17.2 Å². The molecule has 3 aromatic rings. The minimum Gasteiger partial charge on any atom is -0.507 e. The first kappa shape index (κ1) is 19.6. The molecule has 0 unspecified atom stereocenters. The van der Waals surface area contributed by atoms with Crippen LogP contribution in [0.25, 0.3) is 11.1 Å². The number of hydrogen-bond donors (Lipinski definition) is 2. The number of phenolic OH excluding ortho intramolecular Hbond substituents is 1. The van der Waals surface area contributed by atoms with Crippen molar-refractivity contribution in [2.45, 2.75) is 6.92 Å². The van der Waals surface area contributed by atoms with E-state index in [-0.39, 0.29) is 27.5 Å². The molecule has 0 spiro atoms. The van der Waals surface area contributed by atoms with Crippen LogP contribution in [0.15, 0.2) is 54.6 Å². The Morgan fingerprint density at radius 3 is 2.46 bits per heavy atom. The average Bonchev–Trinajstić information content (AvgIpc) is 2.65. The molecule has 2 N–H and O–H groups in total. The van der Waals surface area contributed by atoms with Crippen molar-refractivity contribution >= 4 is 34.8 Å². The van der Waals surface area contributed by atoms with Gasteiger partial charge in [0.05, 0.1) is 21.7 Å². The van der Waals surface area contributed by atoms with E-state index in [0.29, 0.717) is 28.1 Å². The number of halogens is 2. The Labute approximate surface area is 171 Å². The first-order chi connectivity index (χ1) is 13.4. The zero-order valence-electron chi connectivity index (χ0n) is 14.7. The Bertz CT molecular complexity index is 1080. The van der Waals surface area contributed by atoms with Crippen LogP contribution >= 0.6 is 23.2 Å². The summed E-state index contributed by atoms with van der Waals surface area (Å²) in [5, 5.41) is 22.3. The number of aromatic hydroxyl groups is 1. The summed E-state index contributed by atoms with van der Waals surface area (Å²) in [6.45, 7) is 1.38. The Balaban J connectivity index is 1.96. The molecule has 3 aromatic carbocycles. The number of nitrogens with zero attached hydrogens (tertiary/aromatic N) is 1. The van der Waals surface area contributed by atoms with E-state index >= 15 is 0 Å². The van der Waals surface area contributed by atoms with Gasteiger partial charge >= 0.3 is 0 Å². The molecule has 28 heavy (non-hydrogen) atoms. The molecule has 0 bridgehead atoms. The van der Waals surface area contributed by atoms with Crippen molar-refractivity contribution in [2.24, 2.45) is 0 Å². The number of phenols is 1. The smallest absolute Gasteiger partial charge is 0.221 e. The molecule has 0 fully saturated rings. The highest BCUT2D eigenvalue weighted by Crippen LogP contribution is 2.41. The molecule has 0 saturated carbocycles. The topological polar surface area (TPSA) is 82.3 Å². The molecule has 7 heteroatoms. The first-order valence-corrected chi connectivity index (χ1v) is 8.91. The highest BCUT2D eigenvalue weighted by molar-refractivity contribution is 6.37. The van der Waals surface area contributed by atoms with Crippen LogP contribution in [0, 0.1) is 11.3 Å². The predicted molar refractivity (Wildman–Crippen MR) is 109 cm³/mol. The fraction of sp³-hybridized carbons (Fsp3) is 0.0476. The van der Waals surface area contributed by atoms with Crippen LogP contribution in [0.4, 0.5) is 5.69 Å². The highest BCUT2D eigenvalue weighted by Gasteiger charge is 2.14. The van der Waals surface area contributed by atoms with Gasteiger partial charge in [0.15, 0.2) is 5.75 Å². The van der Waals surface area contributed by atoms with Crippen molar-refractivity contribution in [3.8, 4) is 34.4 Å². The summed E-state index contributed by atoms with van der Waals surface area (Å²) in [6, 6.07) is 16.7. The fourth-order valence-corrected chi connectivity index (χ4v) is 3.18. The van der Waals surface area contributed by atoms with Crippen LogP contribution in [-0.4, -0.2) is 11.0 Å². The molecule has 0 aliphatic rings. The zero-order chi connectivity index (χ0) is 20.3. The molecule has 0 heterocycles. The molecule has 5 nitrogen and oxygen atoms in total. The van der Waals surface area contributed by atoms with Gasteiger partial charge in [-0.1, -0.05) is 35.3 Å². The third kappa shape index (κ3) is 4.37. The number of hydrogen-bond acceptors (Lipinski definition) is 4. The van der Waals surface area contributed by atoms with Crippen molar-refractivity contribution in [3.05, 3.63) is 70.2 Å². The maximum absolute atomic E-state index is 11.2. The van der Waals surface area contributed by atoms with Gasteiger partial charge in [-0.05, 0) is 48.0 Å². The number of benzene rings is 3. The number of amides is 1. The normalized spacial score (nSPS) is 10.2. The number of nitriles is 1. The highest BCUT2D eigenvalue weighted by atomic mass is 35.5. The standard InChI is InChI=1S/C21H14Cl2N2O3/c1-12(26)25-15-8-18(22)21(19(23)9-15)28-16-5-6-20(27)17(10-16)14-4-2-3-13(7-14)11-24/h2-10,27H,1H3,(H,25,26). The summed E-state index contributed by atoms with van der Waals surface area (Å²) < 4.78 is 5.82. The van der Waals surface area contributed by atoms with E-state index in [1.807, 2.05) is 0 Å². The largest absolute Gasteiger partial charge is 0.507 e. The number of nitrogens with one attached hydrogen (secondary N) is 1. The third-order valence-electron chi connectivity index (χ3n) is 3.81. The number of ether oxygens (including phenoxy) is 1. The van der Waals surface area contributed by atoms with Crippen LogP contribution < -0.4 is 10.1 Å². The van der Waals surface area contributed by atoms with E-state index in [4.69, 9.17) is 33.2 Å². The molecule has 0 saturated heterocycles. The number of carbonyl (C=O) groups excluding carboxylic acids is 1. The van der Waals surface area contributed by atoms with Crippen LogP contribution in [0.2, 0.25) is 10.0 Å². The number of carbonyl (C=O) groups is 1. The van der Waals surface area contributed by atoms with Gasteiger partial charge in [-0.25, -0.2) is 0 Å². The number of rotatable bonds is 4. The summed E-state index contributed by atoms with van der Waals surface area (Å²) in [7, 11) is 0. The van der Waals surface area contributed by atoms with E-state index in [9.17, 15) is 9.90 Å². The van der Waals surface area contributed by atoms with Gasteiger partial charge < -0.3 is 15.2 Å². The molecule has 3 rings (SSSR count). The second-order valence-corrected chi connectivity index (χ2v) is 6.74. The van der Waals surface area contributed by atoms with Gasteiger partial charge in [0.25, 0.3) is 0 Å². The van der Waals surface area contributed by atoms with E-state index in [2.05, 4.69) is 11.4 Å². The van der Waals surface area contributed by atoms with Crippen molar-refractivity contribution in [1.82, 2.24) is 0 Å². The Morgan fingerprint density at radius 2 is 1.82 bits per heavy atom. The summed E-state index contributed by atoms with van der Waals surface area (Å²) in [5.74, 6) is 0.412. The molecule has 0 aliphatic carbocycles. The molecule has 140 valence electrons. The molecule has 0 aliphatic heterocycles. The van der Waals surface area contributed by atoms with Gasteiger partial charge in [0, 0.05) is 18.2 Å². The average molecular weight is 413 g/mol. The predicted octanol–water partition coefficient (Wildman–Crippen LogP) is 5.99. The summed E-state index contributed by atoms with van der Waals surface area (Å²) in [4.78, 5) is 11.2. The SMILES string of the molecule is CC(=O)Nc1cc(Cl)c(Oc2ccc(O)c(-c3cccc(C#N)c3)c2)c(Cl)c1. The first-order valence-electron chi connectivity index (χ1n) is 8.15. The molecule has 1 amide bonds. The van der Waals surface area contributed by atoms with Crippen molar-refractivity contribution in [3.63, 3.8) is 0 Å². The minimum atomic E-state index is -0.247. The Morgan fingerprint density at radius 1 is 1.11 bits per heavy atom. The molecule has 0 atom stereocenters. The monoisotopic (exact) mass is 412 g/mol. The van der Waals surface area contributed by atoms with Crippen molar-refractivity contribution in [2.75, 3.05) is 5.32 Å². The maximum Gasteiger partial charge on any atom is 0.221 e. The van der Waals surface area contributed by atoms with Crippen LogP contribution in [-0.2, 0) is 4.79 Å². The van der Waals surface area contributed by atoms with Gasteiger partial charge in [-0.15, -0.1) is 0 Å². The summed E-state index contributed by atoms with van der Waals surface area (Å²) in [5.41, 5.74) is 2.09. The quantitative estimate of drug-likeness (QED) is 0.551. The maximum atomic E-state index is 11.2. The van der Waals surface area contributed by atoms with Gasteiger partial charge in [0.1, 0.15) is 11.5 Å².